The molecule has 1 saturated heterocycles. The molecule has 0 spiro atoms. The van der Waals surface area contributed by atoms with Gasteiger partial charge in [-0.2, -0.15) is 18.2 Å². The molecule has 4 unspecified atom stereocenters. The summed E-state index contributed by atoms with van der Waals surface area (Å²) in [6.07, 6.45) is -9.69. The Morgan fingerprint density at radius 3 is 2.50 bits per heavy atom. The zero-order valence-corrected chi connectivity index (χ0v) is 13.2. The van der Waals surface area contributed by atoms with E-state index in [4.69, 9.17) is 9.84 Å². The number of aliphatic hydroxyl groups is 3. The third-order valence-corrected chi connectivity index (χ3v) is 4.23. The highest BCUT2D eigenvalue weighted by Crippen LogP contribution is 2.31. The molecule has 0 amide bonds. The molecular formula is C14H14F3N3O6. The molecule has 0 aromatic carbocycles. The molecule has 4 atom stereocenters. The van der Waals surface area contributed by atoms with Gasteiger partial charge in [0.2, 0.25) is 0 Å². The lowest BCUT2D eigenvalue weighted by Crippen LogP contribution is -2.36. The average Bonchev–Trinajstić information content (AvgIpc) is 2.84. The Morgan fingerprint density at radius 2 is 1.96 bits per heavy atom. The first-order chi connectivity index (χ1) is 12.1. The summed E-state index contributed by atoms with van der Waals surface area (Å²) >= 11 is 0. The summed E-state index contributed by atoms with van der Waals surface area (Å²) in [5.41, 5.74) is -4.61. The normalized spacial score (nSPS) is 26.6. The second-order valence-corrected chi connectivity index (χ2v) is 5.87. The number of pyridine rings is 1. The summed E-state index contributed by atoms with van der Waals surface area (Å²) in [5, 5.41) is 28.5. The van der Waals surface area contributed by atoms with E-state index in [9.17, 15) is 33.0 Å². The van der Waals surface area contributed by atoms with Crippen LogP contribution in [0.25, 0.3) is 11.0 Å². The number of hydrogen-bond donors (Lipinski definition) is 4. The molecule has 0 saturated carbocycles. The van der Waals surface area contributed by atoms with E-state index in [1.54, 1.807) is 0 Å². The van der Waals surface area contributed by atoms with Crippen molar-refractivity contribution < 1.29 is 33.2 Å². The number of aliphatic hydroxyl groups excluding tert-OH is 3. The Bertz CT molecular complexity index is 969. The van der Waals surface area contributed by atoms with Crippen LogP contribution in [-0.2, 0) is 10.9 Å². The molecule has 1 fully saturated rings. The van der Waals surface area contributed by atoms with Crippen LogP contribution in [-0.4, -0.2) is 54.8 Å². The number of H-pyrrole nitrogens is 1. The van der Waals surface area contributed by atoms with Crippen LogP contribution in [0.1, 0.15) is 17.5 Å². The van der Waals surface area contributed by atoms with Crippen LogP contribution < -0.4 is 11.1 Å². The van der Waals surface area contributed by atoms with Gasteiger partial charge in [0.1, 0.15) is 29.7 Å². The number of fused-ring (bicyclic) bond motifs is 1. The Hall–Kier alpha value is -2.28. The number of nitrogens with one attached hydrogen (secondary N) is 1. The van der Waals surface area contributed by atoms with Crippen molar-refractivity contribution in [2.75, 3.05) is 6.61 Å². The fraction of sp³-hybridized carbons (Fsp3) is 0.500. The summed E-state index contributed by atoms with van der Waals surface area (Å²) in [6, 6.07) is 0. The maximum Gasteiger partial charge on any atom is 0.431 e. The van der Waals surface area contributed by atoms with Crippen molar-refractivity contribution in [2.45, 2.75) is 37.6 Å². The van der Waals surface area contributed by atoms with Gasteiger partial charge < -0.3 is 25.0 Å². The summed E-state index contributed by atoms with van der Waals surface area (Å²) in [5.74, 6) is 0. The molecule has 1 aliphatic rings. The minimum Gasteiger partial charge on any atom is -0.394 e. The molecule has 142 valence electrons. The first kappa shape index (κ1) is 18.5. The Labute approximate surface area is 142 Å². The molecule has 2 aromatic heterocycles. The summed E-state index contributed by atoms with van der Waals surface area (Å²) in [4.78, 5) is 29.8. The predicted octanol–water partition coefficient (Wildman–Crippen LogP) is -0.976. The largest absolute Gasteiger partial charge is 0.431 e. The van der Waals surface area contributed by atoms with E-state index in [1.807, 2.05) is 4.98 Å². The van der Waals surface area contributed by atoms with Crippen molar-refractivity contribution in [1.82, 2.24) is 14.5 Å². The number of hydrogen-bond acceptors (Lipinski definition) is 7. The van der Waals surface area contributed by atoms with Crippen LogP contribution in [0, 0.1) is 6.92 Å². The topological polar surface area (TPSA) is 138 Å². The molecule has 26 heavy (non-hydrogen) atoms. The van der Waals surface area contributed by atoms with Crippen LogP contribution in [0.3, 0.4) is 0 Å². The zero-order chi connectivity index (χ0) is 19.4. The van der Waals surface area contributed by atoms with Crippen molar-refractivity contribution in [1.29, 1.82) is 0 Å². The SMILES string of the molecule is Cc1c(C(F)(F)F)[nH]c2nc(=O)n(C3OC(CO)C(O)C3O)cc2c1=O. The maximum atomic E-state index is 13.0. The number of aromatic amines is 1. The third kappa shape index (κ3) is 2.80. The van der Waals surface area contributed by atoms with Gasteiger partial charge in [0.15, 0.2) is 11.7 Å². The van der Waals surface area contributed by atoms with E-state index in [1.165, 1.54) is 0 Å². The number of halogens is 3. The number of nitrogens with zero attached hydrogens (tertiary/aromatic N) is 2. The Balaban J connectivity index is 2.19. The highest BCUT2D eigenvalue weighted by atomic mass is 19.4. The highest BCUT2D eigenvalue weighted by molar-refractivity contribution is 5.74. The van der Waals surface area contributed by atoms with Crippen molar-refractivity contribution in [3.63, 3.8) is 0 Å². The van der Waals surface area contributed by atoms with E-state index in [-0.39, 0.29) is 5.39 Å². The summed E-state index contributed by atoms with van der Waals surface area (Å²) in [7, 11) is 0. The number of rotatable bonds is 2. The molecule has 0 bridgehead atoms. The van der Waals surface area contributed by atoms with E-state index in [2.05, 4.69) is 4.98 Å². The van der Waals surface area contributed by atoms with Crippen molar-refractivity contribution in [2.24, 2.45) is 0 Å². The minimum atomic E-state index is -4.84. The van der Waals surface area contributed by atoms with Gasteiger partial charge in [-0.05, 0) is 6.92 Å². The van der Waals surface area contributed by atoms with E-state index < -0.39 is 65.3 Å². The average molecular weight is 377 g/mol. The molecule has 3 heterocycles. The van der Waals surface area contributed by atoms with Crippen molar-refractivity contribution >= 4 is 11.0 Å². The lowest BCUT2D eigenvalue weighted by Gasteiger charge is -2.18. The Morgan fingerprint density at radius 1 is 1.31 bits per heavy atom. The monoisotopic (exact) mass is 377 g/mol. The molecule has 4 N–H and O–H groups in total. The molecule has 2 aromatic rings. The fourth-order valence-corrected chi connectivity index (χ4v) is 2.83. The molecule has 0 aliphatic carbocycles. The van der Waals surface area contributed by atoms with Crippen LogP contribution in [0.2, 0.25) is 0 Å². The molecule has 0 radical (unpaired) electrons. The van der Waals surface area contributed by atoms with Crippen molar-refractivity contribution in [3.8, 4) is 0 Å². The number of alkyl halides is 3. The fourth-order valence-electron chi connectivity index (χ4n) is 2.83. The van der Waals surface area contributed by atoms with Crippen LogP contribution in [0.15, 0.2) is 15.8 Å². The molecule has 1 aliphatic heterocycles. The van der Waals surface area contributed by atoms with Crippen LogP contribution >= 0.6 is 0 Å². The summed E-state index contributed by atoms with van der Waals surface area (Å²) in [6.45, 7) is 0.335. The Kier molecular flexibility index (Phi) is 4.38. The second-order valence-electron chi connectivity index (χ2n) is 5.87. The van der Waals surface area contributed by atoms with Gasteiger partial charge in [-0.1, -0.05) is 0 Å². The van der Waals surface area contributed by atoms with Gasteiger partial charge in [-0.3, -0.25) is 9.36 Å². The second kappa shape index (κ2) is 6.16. The zero-order valence-electron chi connectivity index (χ0n) is 13.2. The van der Waals surface area contributed by atoms with Gasteiger partial charge in [-0.15, -0.1) is 0 Å². The quantitative estimate of drug-likeness (QED) is 0.528. The van der Waals surface area contributed by atoms with Gasteiger partial charge in [0.25, 0.3) is 0 Å². The van der Waals surface area contributed by atoms with Gasteiger partial charge in [0, 0.05) is 11.8 Å². The van der Waals surface area contributed by atoms with Crippen LogP contribution in [0.5, 0.6) is 0 Å². The number of aromatic nitrogens is 3. The first-order valence-corrected chi connectivity index (χ1v) is 7.41. The maximum absolute atomic E-state index is 13.0. The lowest BCUT2D eigenvalue weighted by molar-refractivity contribution is -0.141. The first-order valence-electron chi connectivity index (χ1n) is 7.41. The molecule has 12 heteroatoms. The lowest BCUT2D eigenvalue weighted by atomic mass is 10.1. The van der Waals surface area contributed by atoms with Gasteiger partial charge in [0.05, 0.1) is 12.0 Å². The predicted molar refractivity (Wildman–Crippen MR) is 79.4 cm³/mol. The standard InChI is InChI=1S/C14H14F3N3O6/c1-4-7(22)5-2-20(12-9(24)8(23)6(3-21)26-12)13(25)19-11(5)18-10(4)14(15,16)17/h2,6,8-9,12,21,23-24H,3H2,1H3,(H,18,19,25). The van der Waals surface area contributed by atoms with Crippen LogP contribution in [0.4, 0.5) is 13.2 Å². The van der Waals surface area contributed by atoms with E-state index >= 15 is 0 Å². The molecule has 9 nitrogen and oxygen atoms in total. The summed E-state index contributed by atoms with van der Waals surface area (Å²) < 4.78 is 44.8. The van der Waals surface area contributed by atoms with Gasteiger partial charge >= 0.3 is 11.9 Å². The van der Waals surface area contributed by atoms with E-state index in [0.29, 0.717) is 4.57 Å². The highest BCUT2D eigenvalue weighted by Gasteiger charge is 2.44. The van der Waals surface area contributed by atoms with Crippen molar-refractivity contribution in [3.05, 3.63) is 38.2 Å². The van der Waals surface area contributed by atoms with Gasteiger partial charge in [-0.25, -0.2) is 4.79 Å². The number of ether oxygens (including phenoxy) is 1. The smallest absolute Gasteiger partial charge is 0.394 e. The molecule has 3 rings (SSSR count). The third-order valence-electron chi connectivity index (χ3n) is 4.23. The van der Waals surface area contributed by atoms with E-state index in [0.717, 1.165) is 13.1 Å². The molecular weight excluding hydrogens is 363 g/mol. The minimum absolute atomic E-state index is 0.326.